The molecule has 0 aromatic rings. The van der Waals surface area contributed by atoms with Gasteiger partial charge >= 0.3 is 5.97 Å². The van der Waals surface area contributed by atoms with E-state index in [1.54, 1.807) is 0 Å². The lowest BCUT2D eigenvalue weighted by atomic mass is 9.39. The highest BCUT2D eigenvalue weighted by Gasteiger charge is 2.67. The average Bonchev–Trinajstić information content (AvgIpc) is 3.24. The van der Waals surface area contributed by atoms with Crippen LogP contribution >= 0.6 is 0 Å². The number of aliphatic hydroxyl groups excluding tert-OH is 2. The first kappa shape index (κ1) is 33.8. The molecule has 7 aliphatic rings. The molecule has 7 saturated carbocycles. The molecular weight excluding hydrogens is 572 g/mol. The zero-order chi connectivity index (χ0) is 33.1. The maximum absolute atomic E-state index is 12.6. The van der Waals surface area contributed by atoms with Crippen molar-refractivity contribution in [3.8, 4) is 0 Å². The van der Waals surface area contributed by atoms with Crippen LogP contribution in [0.15, 0.2) is 0 Å². The summed E-state index contributed by atoms with van der Waals surface area (Å²) in [4.78, 5) is 12.6. The second-order valence-electron chi connectivity index (χ2n) is 20.7. The number of hydrogen-bond donors (Lipinski definition) is 3. The van der Waals surface area contributed by atoms with Crippen LogP contribution in [-0.4, -0.2) is 40.3 Å². The topological polar surface area (TPSA) is 87.0 Å². The van der Waals surface area contributed by atoms with Crippen molar-refractivity contribution >= 4 is 5.97 Å². The van der Waals surface area contributed by atoms with Crippen molar-refractivity contribution in [1.29, 1.82) is 0 Å². The minimum atomic E-state index is -0.837. The highest BCUT2D eigenvalue weighted by atomic mass is 16.6. The van der Waals surface area contributed by atoms with Crippen LogP contribution in [0.2, 0.25) is 0 Å². The molecular formula is C41H68O5. The molecule has 0 aromatic carbocycles. The van der Waals surface area contributed by atoms with Gasteiger partial charge in [0.2, 0.25) is 0 Å². The fraction of sp³-hybridized carbons (Fsp3) is 0.976. The van der Waals surface area contributed by atoms with E-state index in [2.05, 4.69) is 41.5 Å². The van der Waals surface area contributed by atoms with Gasteiger partial charge in [-0.25, -0.2) is 0 Å². The maximum atomic E-state index is 12.6. The Morgan fingerprint density at radius 3 is 2.09 bits per heavy atom. The van der Waals surface area contributed by atoms with Gasteiger partial charge in [-0.2, -0.15) is 0 Å². The normalized spacial score (nSPS) is 54.0. The third-order valence-electron chi connectivity index (χ3n) is 18.0. The number of ether oxygens (including phenoxy) is 1. The molecule has 3 N–H and O–H groups in total. The van der Waals surface area contributed by atoms with Crippen molar-refractivity contribution in [3.63, 3.8) is 0 Å². The minimum Gasteiger partial charge on any atom is -0.481 e. The van der Waals surface area contributed by atoms with Crippen LogP contribution in [0.1, 0.15) is 158 Å². The first-order valence-electron chi connectivity index (χ1n) is 19.6. The third kappa shape index (κ3) is 4.72. The van der Waals surface area contributed by atoms with E-state index >= 15 is 0 Å². The summed E-state index contributed by atoms with van der Waals surface area (Å²) in [5.74, 6) is 2.28. The molecule has 7 fully saturated rings. The van der Waals surface area contributed by atoms with Gasteiger partial charge in [0, 0.05) is 5.92 Å². The van der Waals surface area contributed by atoms with Crippen LogP contribution in [0.3, 0.4) is 0 Å². The zero-order valence-corrected chi connectivity index (χ0v) is 30.5. The van der Waals surface area contributed by atoms with E-state index in [9.17, 15) is 20.1 Å². The Labute approximate surface area is 280 Å². The summed E-state index contributed by atoms with van der Waals surface area (Å²) in [5, 5.41) is 33.1. The smallest absolute Gasteiger partial charge is 0.309 e. The number of aliphatic hydroxyl groups is 2. The molecule has 0 amide bonds. The highest BCUT2D eigenvalue weighted by Crippen LogP contribution is 2.73. The van der Waals surface area contributed by atoms with Crippen molar-refractivity contribution in [2.75, 3.05) is 6.61 Å². The van der Waals surface area contributed by atoms with Gasteiger partial charge in [-0.1, -0.05) is 54.4 Å². The first-order valence-corrected chi connectivity index (χ1v) is 19.6. The molecule has 0 heterocycles. The maximum Gasteiger partial charge on any atom is 0.309 e. The summed E-state index contributed by atoms with van der Waals surface area (Å²) in [7, 11) is 0. The van der Waals surface area contributed by atoms with Gasteiger partial charge in [0.15, 0.2) is 6.29 Å². The molecule has 0 aliphatic heterocycles. The molecule has 5 nitrogen and oxygen atoms in total. The van der Waals surface area contributed by atoms with Crippen molar-refractivity contribution in [1.82, 2.24) is 0 Å². The lowest BCUT2D eigenvalue weighted by Gasteiger charge is -2.66. The molecule has 7 rings (SSSR count). The molecule has 0 radical (unpaired) electrons. The van der Waals surface area contributed by atoms with E-state index in [0.29, 0.717) is 22.7 Å². The fourth-order valence-corrected chi connectivity index (χ4v) is 16.2. The average molecular weight is 641 g/mol. The SMILES string of the molecule is CC1(C)CCC[C@]2(C)[C@H]1CC[C@]1(C)C[C@](C)(C(CO)OC(O)[C@H]3C[C@]45CC[C@H]6[C@](C)(CCC[C@]6(C)C(=O)O)[C@@H]4CC[C@H]3C5)CC[C@@H]12. The lowest BCUT2D eigenvalue weighted by Crippen LogP contribution is -2.59. The summed E-state index contributed by atoms with van der Waals surface area (Å²) in [5.41, 5.74) is 0.588. The third-order valence-corrected chi connectivity index (χ3v) is 18.0. The monoisotopic (exact) mass is 641 g/mol. The lowest BCUT2D eigenvalue weighted by molar-refractivity contribution is -0.233. The molecule has 2 bridgehead atoms. The predicted octanol–water partition coefficient (Wildman–Crippen LogP) is 9.24. The van der Waals surface area contributed by atoms with Gasteiger partial charge in [0.1, 0.15) is 0 Å². The van der Waals surface area contributed by atoms with E-state index in [1.165, 1.54) is 38.5 Å². The molecule has 46 heavy (non-hydrogen) atoms. The van der Waals surface area contributed by atoms with Gasteiger partial charge in [0.05, 0.1) is 18.1 Å². The molecule has 0 aromatic heterocycles. The summed E-state index contributed by atoms with van der Waals surface area (Å²) < 4.78 is 6.72. The first-order chi connectivity index (χ1) is 21.5. The molecule has 1 spiro atoms. The second-order valence-corrected chi connectivity index (χ2v) is 20.7. The zero-order valence-electron chi connectivity index (χ0n) is 30.5. The molecule has 5 heteroatoms. The van der Waals surface area contributed by atoms with E-state index in [1.807, 2.05) is 6.92 Å². The number of rotatable bonds is 6. The van der Waals surface area contributed by atoms with E-state index in [0.717, 1.165) is 82.5 Å². The Balaban J connectivity index is 1.06. The molecule has 2 unspecified atom stereocenters. The van der Waals surface area contributed by atoms with Crippen LogP contribution in [0.25, 0.3) is 0 Å². The van der Waals surface area contributed by atoms with E-state index < -0.39 is 17.7 Å². The minimum absolute atomic E-state index is 0.0279. The second kappa shape index (κ2) is 10.9. The Bertz CT molecular complexity index is 1200. The van der Waals surface area contributed by atoms with Crippen LogP contribution in [0, 0.1) is 73.4 Å². The van der Waals surface area contributed by atoms with E-state index in [-0.39, 0.29) is 46.2 Å². The molecule has 262 valence electrons. The number of aliphatic carboxylic acids is 1. The number of carbonyl (C=O) groups is 1. The number of hydrogen-bond acceptors (Lipinski definition) is 4. The Morgan fingerprint density at radius 2 is 1.39 bits per heavy atom. The van der Waals surface area contributed by atoms with Crippen LogP contribution < -0.4 is 0 Å². The number of carboxylic acid groups (broad SMARTS) is 1. The Hall–Kier alpha value is -0.650. The predicted molar refractivity (Wildman–Crippen MR) is 182 cm³/mol. The van der Waals surface area contributed by atoms with Crippen molar-refractivity contribution in [3.05, 3.63) is 0 Å². The van der Waals surface area contributed by atoms with Gasteiger partial charge in [0.25, 0.3) is 0 Å². The number of fused-ring (bicyclic) bond motifs is 6. The van der Waals surface area contributed by atoms with Crippen LogP contribution in [0.5, 0.6) is 0 Å². The fourth-order valence-electron chi connectivity index (χ4n) is 16.2. The Morgan fingerprint density at radius 1 is 0.739 bits per heavy atom. The van der Waals surface area contributed by atoms with Crippen molar-refractivity contribution < 1.29 is 24.9 Å². The molecule has 7 aliphatic carbocycles. The van der Waals surface area contributed by atoms with Gasteiger partial charge in [-0.3, -0.25) is 4.79 Å². The van der Waals surface area contributed by atoms with Crippen molar-refractivity contribution in [2.45, 2.75) is 170 Å². The largest absolute Gasteiger partial charge is 0.481 e. The van der Waals surface area contributed by atoms with E-state index in [4.69, 9.17) is 4.74 Å². The van der Waals surface area contributed by atoms with Gasteiger partial charge in [-0.15, -0.1) is 0 Å². The summed E-state index contributed by atoms with van der Waals surface area (Å²) in [6.45, 7) is 17.0. The quantitative estimate of drug-likeness (QED) is 0.252. The molecule has 0 saturated heterocycles. The van der Waals surface area contributed by atoms with Gasteiger partial charge in [-0.05, 0) is 165 Å². The highest BCUT2D eigenvalue weighted by molar-refractivity contribution is 5.75. The number of carboxylic acids is 1. The van der Waals surface area contributed by atoms with Crippen LogP contribution in [0.4, 0.5) is 0 Å². The van der Waals surface area contributed by atoms with Crippen LogP contribution in [-0.2, 0) is 9.53 Å². The summed E-state index contributed by atoms with van der Waals surface area (Å²) in [6, 6.07) is 0. The van der Waals surface area contributed by atoms with Crippen molar-refractivity contribution in [2.24, 2.45) is 73.4 Å². The summed E-state index contributed by atoms with van der Waals surface area (Å²) in [6.07, 6.45) is 18.3. The van der Waals surface area contributed by atoms with Gasteiger partial charge < -0.3 is 20.1 Å². The molecule has 14 atom stereocenters. The standard InChI is InChI=1S/C41H68O5/c1-35(2)15-8-16-38(5)28(35)12-19-36(3)25-37(4,20-13-29(36)38)32(24-42)46-33(43)27-23-41-21-14-30-39(6,31(41)11-10-26(27)22-41)17-9-18-40(30,7)34(44)45/h26-33,42-43H,8-25H2,1-7H3,(H,44,45)/t26-,27-,28-,29-,30-,31-,32?,33?,36+,37+,38+,39-,40-,41+/m0/s1. The summed E-state index contributed by atoms with van der Waals surface area (Å²) >= 11 is 0. The Kier molecular flexibility index (Phi) is 8.03.